The highest BCUT2D eigenvalue weighted by molar-refractivity contribution is 7.11. The van der Waals surface area contributed by atoms with Crippen LogP contribution < -0.4 is 0 Å². The molecule has 0 spiro atoms. The van der Waals surface area contributed by atoms with E-state index in [0.717, 1.165) is 18.8 Å². The average Bonchev–Trinajstić information content (AvgIpc) is 3.27. The lowest BCUT2D eigenvalue weighted by molar-refractivity contribution is 0.0525. The van der Waals surface area contributed by atoms with Gasteiger partial charge >= 0.3 is 5.97 Å². The quantitative estimate of drug-likeness (QED) is 0.733. The Morgan fingerprint density at radius 2 is 2.09 bits per heavy atom. The van der Waals surface area contributed by atoms with Crippen LogP contribution in [0.3, 0.4) is 0 Å². The molecule has 4 nitrogen and oxygen atoms in total. The second-order valence-corrected chi connectivity index (χ2v) is 6.34. The number of ether oxygens (including phenoxy) is 1. The number of aromatic nitrogens is 1. The molecule has 1 aromatic heterocycles. The fourth-order valence-electron chi connectivity index (χ4n) is 2.45. The van der Waals surface area contributed by atoms with Crippen LogP contribution in [0.2, 0.25) is 0 Å². The number of hydrogen-bond acceptors (Lipinski definition) is 5. The summed E-state index contributed by atoms with van der Waals surface area (Å²) in [6.07, 6.45) is 2.50. The zero-order valence-electron chi connectivity index (χ0n) is 12.7. The SMILES string of the molecule is CCOC(=O)c1nc(CN(Cc2ccccc2)C2CC2)cs1. The van der Waals surface area contributed by atoms with Gasteiger partial charge < -0.3 is 4.74 Å². The van der Waals surface area contributed by atoms with Crippen molar-refractivity contribution in [3.05, 3.63) is 52.0 Å². The topological polar surface area (TPSA) is 42.4 Å². The molecular formula is C17H20N2O2S. The van der Waals surface area contributed by atoms with E-state index in [0.29, 0.717) is 17.7 Å². The zero-order chi connectivity index (χ0) is 15.4. The highest BCUT2D eigenvalue weighted by atomic mass is 32.1. The van der Waals surface area contributed by atoms with E-state index in [4.69, 9.17) is 4.74 Å². The minimum atomic E-state index is -0.320. The molecule has 0 atom stereocenters. The molecule has 116 valence electrons. The summed E-state index contributed by atoms with van der Waals surface area (Å²) < 4.78 is 5.00. The van der Waals surface area contributed by atoms with E-state index >= 15 is 0 Å². The third-order valence-electron chi connectivity index (χ3n) is 3.66. The van der Waals surface area contributed by atoms with Gasteiger partial charge in [0.2, 0.25) is 5.01 Å². The Morgan fingerprint density at radius 3 is 2.77 bits per heavy atom. The Hall–Kier alpha value is -1.72. The molecule has 3 rings (SSSR count). The van der Waals surface area contributed by atoms with E-state index in [9.17, 15) is 4.79 Å². The van der Waals surface area contributed by atoms with E-state index in [1.807, 2.05) is 11.4 Å². The van der Waals surface area contributed by atoms with Crippen molar-refractivity contribution < 1.29 is 9.53 Å². The summed E-state index contributed by atoms with van der Waals surface area (Å²) in [5.41, 5.74) is 2.27. The third kappa shape index (κ3) is 3.93. The second-order valence-electron chi connectivity index (χ2n) is 5.49. The van der Waals surface area contributed by atoms with Crippen molar-refractivity contribution in [1.29, 1.82) is 0 Å². The predicted octanol–water partition coefficient (Wildman–Crippen LogP) is 3.48. The van der Waals surface area contributed by atoms with Crippen LogP contribution in [0.4, 0.5) is 0 Å². The zero-order valence-corrected chi connectivity index (χ0v) is 13.5. The van der Waals surface area contributed by atoms with Gasteiger partial charge in [-0.15, -0.1) is 11.3 Å². The van der Waals surface area contributed by atoms with Gasteiger partial charge in [0.05, 0.1) is 12.3 Å². The summed E-state index contributed by atoms with van der Waals surface area (Å²) in [5, 5.41) is 2.42. The smallest absolute Gasteiger partial charge is 0.367 e. The Bertz CT molecular complexity index is 623. The lowest BCUT2D eigenvalue weighted by Gasteiger charge is -2.21. The molecule has 5 heteroatoms. The van der Waals surface area contributed by atoms with Gasteiger partial charge in [-0.1, -0.05) is 30.3 Å². The molecule has 1 fully saturated rings. The highest BCUT2D eigenvalue weighted by Gasteiger charge is 2.29. The van der Waals surface area contributed by atoms with Gasteiger partial charge in [-0.05, 0) is 25.3 Å². The van der Waals surface area contributed by atoms with E-state index in [1.165, 1.54) is 29.7 Å². The van der Waals surface area contributed by atoms with Crippen molar-refractivity contribution in [3.8, 4) is 0 Å². The minimum absolute atomic E-state index is 0.320. The largest absolute Gasteiger partial charge is 0.461 e. The number of thiazole rings is 1. The fraction of sp³-hybridized carbons (Fsp3) is 0.412. The Morgan fingerprint density at radius 1 is 1.32 bits per heavy atom. The van der Waals surface area contributed by atoms with Crippen molar-refractivity contribution >= 4 is 17.3 Å². The maximum atomic E-state index is 11.7. The molecule has 0 amide bonds. The molecule has 0 unspecified atom stereocenters. The van der Waals surface area contributed by atoms with Gasteiger partial charge in [0.15, 0.2) is 0 Å². The molecule has 1 aliphatic rings. The summed E-state index contributed by atoms with van der Waals surface area (Å²) in [6, 6.07) is 11.1. The standard InChI is InChI=1S/C17H20N2O2S/c1-2-21-17(20)16-18-14(12-22-16)11-19(15-8-9-15)10-13-6-4-3-5-7-13/h3-7,12,15H,2,8-11H2,1H3. The molecule has 0 aliphatic heterocycles. The van der Waals surface area contributed by atoms with E-state index < -0.39 is 0 Å². The minimum Gasteiger partial charge on any atom is -0.461 e. The van der Waals surface area contributed by atoms with Crippen LogP contribution in [0.5, 0.6) is 0 Å². The monoisotopic (exact) mass is 316 g/mol. The molecule has 2 aromatic rings. The molecular weight excluding hydrogens is 296 g/mol. The van der Waals surface area contributed by atoms with Crippen LogP contribution >= 0.6 is 11.3 Å². The normalized spacial score (nSPS) is 14.3. The highest BCUT2D eigenvalue weighted by Crippen LogP contribution is 2.30. The first-order valence-corrected chi connectivity index (χ1v) is 8.53. The number of nitrogens with zero attached hydrogens (tertiary/aromatic N) is 2. The Labute approximate surface area is 134 Å². The number of rotatable bonds is 7. The van der Waals surface area contributed by atoms with Crippen LogP contribution in [0, 0.1) is 0 Å². The molecule has 0 N–H and O–H groups in total. The lowest BCUT2D eigenvalue weighted by Crippen LogP contribution is -2.25. The van der Waals surface area contributed by atoms with Gasteiger partial charge in [-0.2, -0.15) is 0 Å². The number of benzene rings is 1. The predicted molar refractivity (Wildman–Crippen MR) is 86.8 cm³/mol. The maximum absolute atomic E-state index is 11.7. The van der Waals surface area contributed by atoms with Crippen LogP contribution in [0.1, 0.15) is 40.8 Å². The fourth-order valence-corrected chi connectivity index (χ4v) is 3.15. The van der Waals surface area contributed by atoms with Crippen molar-refractivity contribution in [2.75, 3.05) is 6.61 Å². The van der Waals surface area contributed by atoms with Crippen LogP contribution in [-0.4, -0.2) is 28.5 Å². The van der Waals surface area contributed by atoms with Crippen LogP contribution in [-0.2, 0) is 17.8 Å². The van der Waals surface area contributed by atoms with Crippen molar-refractivity contribution in [2.45, 2.75) is 38.9 Å². The maximum Gasteiger partial charge on any atom is 0.367 e. The first kappa shape index (κ1) is 15.2. The Balaban J connectivity index is 1.65. The molecule has 0 saturated heterocycles. The number of hydrogen-bond donors (Lipinski definition) is 0. The molecule has 1 saturated carbocycles. The van der Waals surface area contributed by atoms with Gasteiger partial charge in [-0.3, -0.25) is 4.90 Å². The van der Waals surface area contributed by atoms with Gasteiger partial charge in [0, 0.05) is 24.5 Å². The van der Waals surface area contributed by atoms with Gasteiger partial charge in [-0.25, -0.2) is 9.78 Å². The van der Waals surface area contributed by atoms with E-state index in [2.05, 4.69) is 34.1 Å². The first-order chi connectivity index (χ1) is 10.8. The Kier molecular flexibility index (Phi) is 4.85. The summed E-state index contributed by atoms with van der Waals surface area (Å²) in [6.45, 7) is 3.91. The molecule has 0 radical (unpaired) electrons. The van der Waals surface area contributed by atoms with Crippen LogP contribution in [0.25, 0.3) is 0 Å². The molecule has 0 bridgehead atoms. The molecule has 1 aromatic carbocycles. The van der Waals surface area contributed by atoms with Gasteiger partial charge in [0.25, 0.3) is 0 Å². The number of carbonyl (C=O) groups is 1. The van der Waals surface area contributed by atoms with Crippen LogP contribution in [0.15, 0.2) is 35.7 Å². The summed E-state index contributed by atoms with van der Waals surface area (Å²) in [7, 11) is 0. The number of carbonyl (C=O) groups excluding carboxylic acids is 1. The van der Waals surface area contributed by atoms with Crippen molar-refractivity contribution in [3.63, 3.8) is 0 Å². The molecule has 1 aliphatic carbocycles. The lowest BCUT2D eigenvalue weighted by atomic mass is 10.2. The second kappa shape index (κ2) is 7.03. The van der Waals surface area contributed by atoms with Gasteiger partial charge in [0.1, 0.15) is 0 Å². The first-order valence-electron chi connectivity index (χ1n) is 7.65. The average molecular weight is 316 g/mol. The van der Waals surface area contributed by atoms with E-state index in [1.54, 1.807) is 6.92 Å². The summed E-state index contributed by atoms with van der Waals surface area (Å²) in [5.74, 6) is -0.320. The van der Waals surface area contributed by atoms with Crippen molar-refractivity contribution in [2.24, 2.45) is 0 Å². The molecule has 22 heavy (non-hydrogen) atoms. The third-order valence-corrected chi connectivity index (χ3v) is 4.53. The number of esters is 1. The molecule has 1 heterocycles. The van der Waals surface area contributed by atoms with E-state index in [-0.39, 0.29) is 5.97 Å². The summed E-state index contributed by atoms with van der Waals surface area (Å²) >= 11 is 1.37. The van der Waals surface area contributed by atoms with Crippen molar-refractivity contribution in [1.82, 2.24) is 9.88 Å². The summed E-state index contributed by atoms with van der Waals surface area (Å²) in [4.78, 5) is 18.6.